The summed E-state index contributed by atoms with van der Waals surface area (Å²) in [5, 5.41) is 0. The van der Waals surface area contributed by atoms with Crippen molar-refractivity contribution in [2.24, 2.45) is 23.2 Å². The summed E-state index contributed by atoms with van der Waals surface area (Å²) in [5.41, 5.74) is 1.91. The molecule has 0 spiro atoms. The smallest absolute Gasteiger partial charge is 0.312 e. The molecule has 1 aromatic rings. The number of aryl methyl sites for hydroxylation is 1. The van der Waals surface area contributed by atoms with Crippen LogP contribution in [0.4, 0.5) is 5.69 Å². The van der Waals surface area contributed by atoms with Gasteiger partial charge in [-0.2, -0.15) is 0 Å². The van der Waals surface area contributed by atoms with Gasteiger partial charge in [0.1, 0.15) is 0 Å². The largest absolute Gasteiger partial charge is 0.455 e. The van der Waals surface area contributed by atoms with Gasteiger partial charge in [-0.15, -0.1) is 0 Å². The third-order valence-electron chi connectivity index (χ3n) is 7.21. The number of para-hydroxylation sites is 1. The lowest BCUT2D eigenvalue weighted by Crippen LogP contribution is -2.51. The highest BCUT2D eigenvalue weighted by atomic mass is 16.5. The fourth-order valence-corrected chi connectivity index (χ4v) is 6.51. The van der Waals surface area contributed by atoms with Gasteiger partial charge in [0.15, 0.2) is 6.61 Å². The summed E-state index contributed by atoms with van der Waals surface area (Å²) in [6, 6.07) is 8.05. The van der Waals surface area contributed by atoms with E-state index in [2.05, 4.69) is 6.07 Å². The van der Waals surface area contributed by atoms with Crippen LogP contribution in [-0.2, 0) is 20.7 Å². The van der Waals surface area contributed by atoms with E-state index in [1.54, 1.807) is 4.90 Å². The maximum absolute atomic E-state index is 12.9. The van der Waals surface area contributed by atoms with E-state index in [-0.39, 0.29) is 23.9 Å². The predicted molar refractivity (Wildman–Crippen MR) is 98.7 cm³/mol. The van der Waals surface area contributed by atoms with Crippen LogP contribution < -0.4 is 4.90 Å². The van der Waals surface area contributed by atoms with E-state index >= 15 is 0 Å². The minimum atomic E-state index is -0.283. The van der Waals surface area contributed by atoms with E-state index in [1.165, 1.54) is 24.8 Å². The third kappa shape index (κ3) is 2.65. The number of hydrogen-bond acceptors (Lipinski definition) is 3. The zero-order valence-electron chi connectivity index (χ0n) is 15.3. The topological polar surface area (TPSA) is 46.6 Å². The van der Waals surface area contributed by atoms with Crippen LogP contribution in [0.25, 0.3) is 0 Å². The number of hydrogen-bond donors (Lipinski definition) is 0. The lowest BCUT2D eigenvalue weighted by Gasteiger charge is -2.55. The van der Waals surface area contributed by atoms with Gasteiger partial charge in [-0.3, -0.25) is 9.59 Å². The van der Waals surface area contributed by atoms with Gasteiger partial charge in [0, 0.05) is 12.2 Å². The second-order valence-electron chi connectivity index (χ2n) is 9.05. The molecule has 5 aliphatic rings. The molecule has 1 heterocycles. The molecule has 4 fully saturated rings. The molecule has 0 aromatic heterocycles. The number of fused-ring (bicyclic) bond motifs is 1. The number of carbonyl (C=O) groups excluding carboxylic acids is 2. The van der Waals surface area contributed by atoms with Crippen molar-refractivity contribution < 1.29 is 14.3 Å². The zero-order valence-corrected chi connectivity index (χ0v) is 15.3. The van der Waals surface area contributed by atoms with Gasteiger partial charge in [-0.05, 0) is 80.8 Å². The second kappa shape index (κ2) is 6.11. The van der Waals surface area contributed by atoms with Crippen molar-refractivity contribution in [1.82, 2.24) is 0 Å². The lowest BCUT2D eigenvalue weighted by molar-refractivity contribution is -0.172. The van der Waals surface area contributed by atoms with Crippen LogP contribution in [0.3, 0.4) is 0 Å². The third-order valence-corrected chi connectivity index (χ3v) is 7.21. The van der Waals surface area contributed by atoms with Crippen LogP contribution in [0.2, 0.25) is 0 Å². The predicted octanol–water partition coefficient (Wildman–Crippen LogP) is 3.73. The molecule has 4 aliphatic carbocycles. The Hall–Kier alpha value is -1.84. The van der Waals surface area contributed by atoms with Crippen molar-refractivity contribution in [3.05, 3.63) is 29.8 Å². The Labute approximate surface area is 154 Å². The molecule has 138 valence electrons. The van der Waals surface area contributed by atoms with E-state index < -0.39 is 0 Å². The van der Waals surface area contributed by atoms with Gasteiger partial charge in [-0.1, -0.05) is 18.2 Å². The van der Waals surface area contributed by atoms with Crippen LogP contribution in [0, 0.1) is 23.2 Å². The van der Waals surface area contributed by atoms with Gasteiger partial charge < -0.3 is 9.64 Å². The van der Waals surface area contributed by atoms with Crippen molar-refractivity contribution >= 4 is 17.6 Å². The summed E-state index contributed by atoms with van der Waals surface area (Å²) in [6.45, 7) is 0.597. The molecule has 4 nitrogen and oxygen atoms in total. The standard InChI is InChI=1S/C22H27NO3/c24-20(23-7-3-5-18-4-1-2-6-19(18)23)14-26-21(25)22-11-15-8-16(12-22)10-17(9-15)13-22/h1-2,4,6,15-17H,3,5,7-14H2. The molecule has 0 radical (unpaired) electrons. The highest BCUT2D eigenvalue weighted by molar-refractivity contribution is 5.96. The molecule has 0 N–H and O–H groups in total. The average molecular weight is 353 g/mol. The molecular formula is C22H27NO3. The fourth-order valence-electron chi connectivity index (χ4n) is 6.51. The van der Waals surface area contributed by atoms with Crippen molar-refractivity contribution in [3.8, 4) is 0 Å². The minimum absolute atomic E-state index is 0.0878. The highest BCUT2D eigenvalue weighted by Gasteiger charge is 2.55. The first-order valence-corrected chi connectivity index (χ1v) is 10.2. The molecular weight excluding hydrogens is 326 g/mol. The Morgan fingerprint density at radius 3 is 2.38 bits per heavy atom. The molecule has 6 rings (SSSR count). The summed E-state index contributed by atoms with van der Waals surface area (Å²) < 4.78 is 5.63. The van der Waals surface area contributed by atoms with Gasteiger partial charge in [0.25, 0.3) is 5.91 Å². The van der Waals surface area contributed by atoms with Gasteiger partial charge in [-0.25, -0.2) is 0 Å². The van der Waals surface area contributed by atoms with Crippen LogP contribution in [0.15, 0.2) is 24.3 Å². The lowest BCUT2D eigenvalue weighted by atomic mass is 9.49. The van der Waals surface area contributed by atoms with Crippen molar-refractivity contribution in [2.45, 2.75) is 51.4 Å². The van der Waals surface area contributed by atoms with Crippen molar-refractivity contribution in [3.63, 3.8) is 0 Å². The summed E-state index contributed by atoms with van der Waals surface area (Å²) in [5.74, 6) is 1.93. The quantitative estimate of drug-likeness (QED) is 0.778. The Morgan fingerprint density at radius 2 is 1.69 bits per heavy atom. The summed E-state index contributed by atoms with van der Waals surface area (Å²) >= 11 is 0. The Kier molecular flexibility index (Phi) is 3.84. The summed E-state index contributed by atoms with van der Waals surface area (Å²) in [6.07, 6.45) is 8.83. The van der Waals surface area contributed by atoms with E-state index in [4.69, 9.17) is 4.74 Å². The summed E-state index contributed by atoms with van der Waals surface area (Å²) in [7, 11) is 0. The number of rotatable bonds is 3. The summed E-state index contributed by atoms with van der Waals surface area (Å²) in [4.78, 5) is 27.5. The Bertz CT molecular complexity index is 705. The fraction of sp³-hybridized carbons (Fsp3) is 0.636. The van der Waals surface area contributed by atoms with E-state index in [1.807, 2.05) is 18.2 Å². The number of ether oxygens (including phenoxy) is 1. The van der Waals surface area contributed by atoms with E-state index in [0.29, 0.717) is 24.3 Å². The van der Waals surface area contributed by atoms with Gasteiger partial charge in [0.05, 0.1) is 5.41 Å². The minimum Gasteiger partial charge on any atom is -0.455 e. The number of nitrogens with zero attached hydrogens (tertiary/aromatic N) is 1. The number of carbonyl (C=O) groups is 2. The van der Waals surface area contributed by atoms with Crippen LogP contribution in [0.5, 0.6) is 0 Å². The maximum Gasteiger partial charge on any atom is 0.312 e. The first kappa shape index (κ1) is 16.3. The molecule has 1 amide bonds. The molecule has 0 atom stereocenters. The maximum atomic E-state index is 12.9. The molecule has 4 saturated carbocycles. The van der Waals surface area contributed by atoms with Gasteiger partial charge in [0.2, 0.25) is 0 Å². The van der Waals surface area contributed by atoms with Crippen molar-refractivity contribution in [1.29, 1.82) is 0 Å². The van der Waals surface area contributed by atoms with Crippen LogP contribution >= 0.6 is 0 Å². The molecule has 0 saturated heterocycles. The van der Waals surface area contributed by atoms with Crippen molar-refractivity contribution in [2.75, 3.05) is 18.1 Å². The molecule has 4 heteroatoms. The van der Waals surface area contributed by atoms with Crippen LogP contribution in [0.1, 0.15) is 50.5 Å². The number of amides is 1. The highest BCUT2D eigenvalue weighted by Crippen LogP contribution is 2.60. The normalized spacial score (nSPS) is 34.5. The molecule has 4 bridgehead atoms. The number of esters is 1. The van der Waals surface area contributed by atoms with E-state index in [9.17, 15) is 9.59 Å². The Balaban J connectivity index is 1.26. The molecule has 0 unspecified atom stereocenters. The molecule has 26 heavy (non-hydrogen) atoms. The van der Waals surface area contributed by atoms with Crippen LogP contribution in [-0.4, -0.2) is 25.0 Å². The molecule has 1 aromatic carbocycles. The second-order valence-corrected chi connectivity index (χ2v) is 9.05. The first-order chi connectivity index (χ1) is 12.6. The number of anilines is 1. The average Bonchev–Trinajstić information content (AvgIpc) is 2.64. The zero-order chi connectivity index (χ0) is 17.7. The molecule has 1 aliphatic heterocycles. The van der Waals surface area contributed by atoms with E-state index in [0.717, 1.165) is 37.8 Å². The SMILES string of the molecule is O=C(COC(=O)C12CC3CC(CC(C3)C1)C2)N1CCCc2ccccc21. The first-order valence-electron chi connectivity index (χ1n) is 10.2. The monoisotopic (exact) mass is 353 g/mol. The number of benzene rings is 1. The van der Waals surface area contributed by atoms with Gasteiger partial charge >= 0.3 is 5.97 Å². The Morgan fingerprint density at radius 1 is 1.04 bits per heavy atom.